The van der Waals surface area contributed by atoms with Crippen LogP contribution >= 0.6 is 15.9 Å². The van der Waals surface area contributed by atoms with E-state index >= 15 is 0 Å². The van der Waals surface area contributed by atoms with Crippen molar-refractivity contribution in [2.24, 2.45) is 0 Å². The fraction of sp³-hybridized carbons (Fsp3) is 0.389. The Bertz CT molecular complexity index is 660. The Morgan fingerprint density at radius 2 is 1.91 bits per heavy atom. The third kappa shape index (κ3) is 4.03. The largest absolute Gasteiger partial charge is 0.465 e. The average molecular weight is 377 g/mol. The van der Waals surface area contributed by atoms with Crippen molar-refractivity contribution < 1.29 is 9.21 Å². The molecule has 0 radical (unpaired) electrons. The lowest BCUT2D eigenvalue weighted by molar-refractivity contribution is 0.0933. The molecule has 2 aromatic rings. The first-order valence-corrected chi connectivity index (χ1v) is 8.77. The third-order valence-corrected chi connectivity index (χ3v) is 4.76. The molecule has 0 unspecified atom stereocenters. The fourth-order valence-corrected chi connectivity index (χ4v) is 3.25. The van der Waals surface area contributed by atoms with E-state index in [-0.39, 0.29) is 11.9 Å². The van der Waals surface area contributed by atoms with Gasteiger partial charge in [0.05, 0.1) is 6.04 Å². The number of amides is 1. The number of nitrogens with zero attached hydrogens (tertiary/aromatic N) is 1. The summed E-state index contributed by atoms with van der Waals surface area (Å²) in [6.07, 6.45) is 2.41. The number of furan rings is 1. The predicted octanol–water partition coefficient (Wildman–Crippen LogP) is 3.92. The summed E-state index contributed by atoms with van der Waals surface area (Å²) in [5.74, 6) is 1.79. The van der Waals surface area contributed by atoms with Crippen LogP contribution in [0.15, 0.2) is 45.3 Å². The smallest absolute Gasteiger partial charge is 0.251 e. The molecule has 1 aliphatic heterocycles. The van der Waals surface area contributed by atoms with Gasteiger partial charge in [-0.1, -0.05) is 15.9 Å². The van der Waals surface area contributed by atoms with Crippen LogP contribution in [0.3, 0.4) is 0 Å². The van der Waals surface area contributed by atoms with E-state index in [1.165, 1.54) is 12.8 Å². The van der Waals surface area contributed by atoms with E-state index in [2.05, 4.69) is 26.1 Å². The number of nitrogens with one attached hydrogen (secondary N) is 1. The van der Waals surface area contributed by atoms with Crippen LogP contribution < -0.4 is 5.32 Å². The maximum absolute atomic E-state index is 12.3. The molecule has 1 aromatic heterocycles. The molecule has 2 heterocycles. The highest BCUT2D eigenvalue weighted by Crippen LogP contribution is 2.26. The number of likely N-dealkylation sites (tertiary alicyclic amines) is 1. The van der Waals surface area contributed by atoms with Crippen molar-refractivity contribution in [1.29, 1.82) is 0 Å². The van der Waals surface area contributed by atoms with Crippen molar-refractivity contribution >= 4 is 21.8 Å². The van der Waals surface area contributed by atoms with Crippen molar-refractivity contribution in [1.82, 2.24) is 10.2 Å². The van der Waals surface area contributed by atoms with Gasteiger partial charge in [0.15, 0.2) is 0 Å². The van der Waals surface area contributed by atoms with E-state index in [0.717, 1.165) is 29.1 Å². The van der Waals surface area contributed by atoms with Crippen LogP contribution in [0, 0.1) is 6.92 Å². The van der Waals surface area contributed by atoms with Gasteiger partial charge < -0.3 is 9.73 Å². The molecule has 1 aromatic carbocycles. The maximum Gasteiger partial charge on any atom is 0.251 e. The Hall–Kier alpha value is -1.59. The van der Waals surface area contributed by atoms with Gasteiger partial charge in [0.25, 0.3) is 5.91 Å². The molecule has 23 heavy (non-hydrogen) atoms. The second-order valence-corrected chi connectivity index (χ2v) is 6.84. The normalized spacial score (nSPS) is 16.4. The Morgan fingerprint density at radius 1 is 1.22 bits per heavy atom. The van der Waals surface area contributed by atoms with Gasteiger partial charge >= 0.3 is 0 Å². The van der Waals surface area contributed by atoms with Gasteiger partial charge in [0.2, 0.25) is 0 Å². The van der Waals surface area contributed by atoms with Crippen molar-refractivity contribution in [3.63, 3.8) is 0 Å². The first-order chi connectivity index (χ1) is 11.1. The standard InChI is InChI=1S/C18H21BrN2O2/c1-13-4-9-17(23-13)16(21-10-2-3-11-21)12-20-18(22)14-5-7-15(19)8-6-14/h4-9,16H,2-3,10-12H2,1H3,(H,20,22)/t16-/m1/s1. The van der Waals surface area contributed by atoms with Gasteiger partial charge in [0, 0.05) is 16.6 Å². The molecule has 1 amide bonds. The van der Waals surface area contributed by atoms with Crippen LogP contribution in [0.4, 0.5) is 0 Å². The lowest BCUT2D eigenvalue weighted by Gasteiger charge is -2.26. The molecule has 3 rings (SSSR count). The number of hydrogen-bond donors (Lipinski definition) is 1. The number of rotatable bonds is 5. The summed E-state index contributed by atoms with van der Waals surface area (Å²) in [4.78, 5) is 14.7. The molecule has 1 atom stereocenters. The van der Waals surface area contributed by atoms with E-state index in [4.69, 9.17) is 4.42 Å². The molecule has 5 heteroatoms. The van der Waals surface area contributed by atoms with Crippen molar-refractivity contribution in [2.75, 3.05) is 19.6 Å². The van der Waals surface area contributed by atoms with E-state index in [1.54, 1.807) is 0 Å². The summed E-state index contributed by atoms with van der Waals surface area (Å²) < 4.78 is 6.78. The molecule has 0 spiro atoms. The molecule has 0 saturated carbocycles. The van der Waals surface area contributed by atoms with Gasteiger partial charge in [-0.25, -0.2) is 0 Å². The molecule has 1 N–H and O–H groups in total. The second-order valence-electron chi connectivity index (χ2n) is 5.92. The number of carbonyl (C=O) groups excluding carboxylic acids is 1. The molecule has 1 fully saturated rings. The van der Waals surface area contributed by atoms with Crippen LogP contribution in [-0.4, -0.2) is 30.4 Å². The highest BCUT2D eigenvalue weighted by atomic mass is 79.9. The van der Waals surface area contributed by atoms with E-state index in [1.807, 2.05) is 43.3 Å². The van der Waals surface area contributed by atoms with E-state index in [0.29, 0.717) is 12.1 Å². The number of hydrogen-bond acceptors (Lipinski definition) is 3. The van der Waals surface area contributed by atoms with Crippen molar-refractivity contribution in [3.05, 3.63) is 58.0 Å². The monoisotopic (exact) mass is 376 g/mol. The molecule has 1 saturated heterocycles. The topological polar surface area (TPSA) is 45.5 Å². The Labute approximate surface area is 145 Å². The SMILES string of the molecule is Cc1ccc([C@@H](CNC(=O)c2ccc(Br)cc2)N2CCCC2)o1. The fourth-order valence-electron chi connectivity index (χ4n) is 2.99. The van der Waals surface area contributed by atoms with Crippen LogP contribution in [0.25, 0.3) is 0 Å². The van der Waals surface area contributed by atoms with Crippen molar-refractivity contribution in [3.8, 4) is 0 Å². The first-order valence-electron chi connectivity index (χ1n) is 7.97. The van der Waals surface area contributed by atoms with Gasteiger partial charge in [-0.15, -0.1) is 0 Å². The Morgan fingerprint density at radius 3 is 2.52 bits per heavy atom. The highest BCUT2D eigenvalue weighted by Gasteiger charge is 2.26. The van der Waals surface area contributed by atoms with E-state index < -0.39 is 0 Å². The molecular weight excluding hydrogens is 356 g/mol. The van der Waals surface area contributed by atoms with E-state index in [9.17, 15) is 4.79 Å². The summed E-state index contributed by atoms with van der Waals surface area (Å²) >= 11 is 3.38. The minimum atomic E-state index is -0.0509. The summed E-state index contributed by atoms with van der Waals surface area (Å²) in [7, 11) is 0. The Balaban J connectivity index is 1.68. The first kappa shape index (κ1) is 16.3. The van der Waals surface area contributed by atoms with Gasteiger partial charge in [0.1, 0.15) is 11.5 Å². The quantitative estimate of drug-likeness (QED) is 0.859. The zero-order chi connectivity index (χ0) is 16.2. The molecular formula is C18H21BrN2O2. The molecule has 0 bridgehead atoms. The third-order valence-electron chi connectivity index (χ3n) is 4.23. The number of carbonyl (C=O) groups is 1. The highest BCUT2D eigenvalue weighted by molar-refractivity contribution is 9.10. The zero-order valence-electron chi connectivity index (χ0n) is 13.2. The summed E-state index contributed by atoms with van der Waals surface area (Å²) in [6.45, 7) is 4.62. The molecule has 4 nitrogen and oxygen atoms in total. The summed E-state index contributed by atoms with van der Waals surface area (Å²) in [5, 5.41) is 3.05. The number of aryl methyl sites for hydroxylation is 1. The van der Waals surface area contributed by atoms with Crippen LogP contribution in [-0.2, 0) is 0 Å². The second kappa shape index (κ2) is 7.32. The number of halogens is 1. The lowest BCUT2D eigenvalue weighted by atomic mass is 10.1. The minimum Gasteiger partial charge on any atom is -0.465 e. The van der Waals surface area contributed by atoms with Gasteiger partial charge in [-0.05, 0) is 69.3 Å². The van der Waals surface area contributed by atoms with Gasteiger partial charge in [-0.3, -0.25) is 9.69 Å². The van der Waals surface area contributed by atoms with Crippen LogP contribution in [0.2, 0.25) is 0 Å². The van der Waals surface area contributed by atoms with Gasteiger partial charge in [-0.2, -0.15) is 0 Å². The summed E-state index contributed by atoms with van der Waals surface area (Å²) in [6, 6.07) is 11.5. The van der Waals surface area contributed by atoms with Crippen LogP contribution in [0.5, 0.6) is 0 Å². The molecule has 1 aliphatic rings. The van der Waals surface area contributed by atoms with Crippen molar-refractivity contribution in [2.45, 2.75) is 25.8 Å². The Kier molecular flexibility index (Phi) is 5.18. The maximum atomic E-state index is 12.3. The minimum absolute atomic E-state index is 0.0509. The predicted molar refractivity (Wildman–Crippen MR) is 93.5 cm³/mol. The zero-order valence-corrected chi connectivity index (χ0v) is 14.8. The lowest BCUT2D eigenvalue weighted by Crippen LogP contribution is -2.36. The molecule has 122 valence electrons. The average Bonchev–Trinajstić information content (AvgIpc) is 3.20. The summed E-state index contributed by atoms with van der Waals surface area (Å²) in [5.41, 5.74) is 0.670. The number of benzene rings is 1. The molecule has 0 aliphatic carbocycles. The van der Waals surface area contributed by atoms with Crippen LogP contribution in [0.1, 0.15) is 40.8 Å².